The van der Waals surface area contributed by atoms with Crippen LogP contribution in [0.15, 0.2) is 59.5 Å². The van der Waals surface area contributed by atoms with E-state index in [1.165, 1.54) is 26.2 Å². The fraction of sp³-hybridized carbons (Fsp3) is 0.333. The Morgan fingerprint density at radius 2 is 1.61 bits per heavy atom. The molecule has 0 aliphatic carbocycles. The van der Waals surface area contributed by atoms with E-state index >= 15 is 0 Å². The summed E-state index contributed by atoms with van der Waals surface area (Å²) in [7, 11) is -0.871. The monoisotopic (exact) mass is 509 g/mol. The number of rotatable bonds is 8. The molecular formula is C27H31N3O5S. The lowest BCUT2D eigenvalue weighted by atomic mass is 10.1. The number of sulfonamides is 1. The van der Waals surface area contributed by atoms with Gasteiger partial charge in [-0.15, -0.1) is 0 Å². The molecule has 0 spiro atoms. The molecule has 1 aromatic heterocycles. The molecule has 0 saturated carbocycles. The van der Waals surface area contributed by atoms with Crippen molar-refractivity contribution in [2.45, 2.75) is 31.6 Å². The van der Waals surface area contributed by atoms with Crippen molar-refractivity contribution in [2.24, 2.45) is 0 Å². The van der Waals surface area contributed by atoms with Gasteiger partial charge in [-0.2, -0.15) is 0 Å². The second-order valence-electron chi connectivity index (χ2n) is 9.12. The Labute approximate surface area is 212 Å². The largest absolute Gasteiger partial charge is 0.454 e. The van der Waals surface area contributed by atoms with Crippen LogP contribution in [0.3, 0.4) is 0 Å². The molecule has 2 heterocycles. The maximum absolute atomic E-state index is 13.2. The van der Waals surface area contributed by atoms with Crippen LogP contribution in [0.2, 0.25) is 0 Å². The molecule has 1 aliphatic rings. The molecule has 1 saturated heterocycles. The summed E-state index contributed by atoms with van der Waals surface area (Å²) in [6.45, 7) is 4.87. The molecule has 2 aromatic carbocycles. The lowest BCUT2D eigenvalue weighted by Crippen LogP contribution is -2.25. The number of anilines is 1. The van der Waals surface area contributed by atoms with Gasteiger partial charge in [0, 0.05) is 49.8 Å². The number of hydrogen-bond acceptors (Lipinski definition) is 6. The average molecular weight is 510 g/mol. The van der Waals surface area contributed by atoms with Gasteiger partial charge in [0.2, 0.25) is 15.8 Å². The van der Waals surface area contributed by atoms with Crippen LogP contribution in [0, 0.1) is 13.8 Å². The lowest BCUT2D eigenvalue weighted by molar-refractivity contribution is 0.0475. The van der Waals surface area contributed by atoms with Crippen LogP contribution in [0.4, 0.5) is 5.69 Å². The Hall–Kier alpha value is -3.43. The second-order valence-corrected chi connectivity index (χ2v) is 11.3. The van der Waals surface area contributed by atoms with E-state index in [1.807, 2.05) is 53.6 Å². The molecule has 9 heteroatoms. The summed E-state index contributed by atoms with van der Waals surface area (Å²) in [6.07, 6.45) is 1.98. The van der Waals surface area contributed by atoms with E-state index in [2.05, 4.69) is 0 Å². The lowest BCUT2D eigenvalue weighted by Gasteiger charge is -2.22. The Morgan fingerprint density at radius 3 is 2.25 bits per heavy atom. The topological polar surface area (TPSA) is 88.9 Å². The van der Waals surface area contributed by atoms with Gasteiger partial charge in [-0.25, -0.2) is 17.5 Å². The first-order chi connectivity index (χ1) is 17.1. The number of para-hydroxylation sites is 1. The summed E-state index contributed by atoms with van der Waals surface area (Å²) in [5.41, 5.74) is 3.83. The van der Waals surface area contributed by atoms with Crippen LogP contribution in [0.1, 0.15) is 44.9 Å². The van der Waals surface area contributed by atoms with E-state index in [4.69, 9.17) is 4.74 Å². The van der Waals surface area contributed by atoms with E-state index in [1.54, 1.807) is 12.1 Å². The zero-order valence-corrected chi connectivity index (χ0v) is 21.8. The predicted octanol–water partition coefficient (Wildman–Crippen LogP) is 3.98. The van der Waals surface area contributed by atoms with Crippen LogP contribution < -0.4 is 4.90 Å². The zero-order chi connectivity index (χ0) is 26.0. The summed E-state index contributed by atoms with van der Waals surface area (Å²) in [5, 5.41) is 0. The van der Waals surface area contributed by atoms with Gasteiger partial charge in [0.15, 0.2) is 6.61 Å². The normalized spacial score (nSPS) is 13.9. The highest BCUT2D eigenvalue weighted by molar-refractivity contribution is 7.89. The Morgan fingerprint density at radius 1 is 0.944 bits per heavy atom. The third kappa shape index (κ3) is 4.94. The van der Waals surface area contributed by atoms with Gasteiger partial charge in [-0.05, 0) is 63.1 Å². The van der Waals surface area contributed by atoms with E-state index in [0.717, 1.165) is 47.3 Å². The number of ether oxygens (including phenoxy) is 1. The Bertz CT molecular complexity index is 1390. The Balaban J connectivity index is 1.59. The van der Waals surface area contributed by atoms with Crippen molar-refractivity contribution in [1.29, 1.82) is 0 Å². The number of benzene rings is 2. The van der Waals surface area contributed by atoms with Crippen LogP contribution >= 0.6 is 0 Å². The molecule has 0 amide bonds. The van der Waals surface area contributed by atoms with Crippen molar-refractivity contribution in [3.05, 3.63) is 77.1 Å². The molecule has 1 aliphatic heterocycles. The van der Waals surface area contributed by atoms with Gasteiger partial charge in [0.1, 0.15) is 0 Å². The smallest absolute Gasteiger partial charge is 0.340 e. The molecule has 0 atom stereocenters. The minimum absolute atomic E-state index is 0.000121. The number of ketones is 1. The van der Waals surface area contributed by atoms with Crippen molar-refractivity contribution in [1.82, 2.24) is 8.87 Å². The standard InChI is InChI=1S/C27H31N3O5S/c1-19-16-23(20(2)30(19)21-10-6-5-7-11-21)26(31)18-35-27(32)24-17-22(36(33,34)28(3)4)12-13-25(24)29-14-8-9-15-29/h5-7,10-13,16-17H,8-9,14-15,18H2,1-4H3. The first kappa shape index (κ1) is 25.7. The van der Waals surface area contributed by atoms with Crippen molar-refractivity contribution < 1.29 is 22.7 Å². The van der Waals surface area contributed by atoms with Crippen molar-refractivity contribution in [3.63, 3.8) is 0 Å². The summed E-state index contributed by atoms with van der Waals surface area (Å²) in [6, 6.07) is 16.0. The van der Waals surface area contributed by atoms with Crippen molar-refractivity contribution >= 4 is 27.5 Å². The van der Waals surface area contributed by atoms with E-state index in [-0.39, 0.29) is 16.2 Å². The molecule has 8 nitrogen and oxygen atoms in total. The molecule has 0 radical (unpaired) electrons. The third-order valence-electron chi connectivity index (χ3n) is 6.49. The van der Waals surface area contributed by atoms with Gasteiger partial charge in [-0.3, -0.25) is 4.79 Å². The van der Waals surface area contributed by atoms with E-state index < -0.39 is 22.6 Å². The molecule has 0 N–H and O–H groups in total. The molecule has 190 valence electrons. The number of carbonyl (C=O) groups excluding carboxylic acids is 2. The van der Waals surface area contributed by atoms with Crippen LogP contribution in [0.25, 0.3) is 5.69 Å². The van der Waals surface area contributed by atoms with Gasteiger partial charge in [0.05, 0.1) is 16.1 Å². The molecule has 4 rings (SSSR count). The predicted molar refractivity (Wildman–Crippen MR) is 139 cm³/mol. The number of aromatic nitrogens is 1. The maximum Gasteiger partial charge on any atom is 0.340 e. The second kappa shape index (κ2) is 10.3. The van der Waals surface area contributed by atoms with Gasteiger partial charge >= 0.3 is 5.97 Å². The highest BCUT2D eigenvalue weighted by Crippen LogP contribution is 2.29. The molecule has 0 bridgehead atoms. The number of hydrogen-bond donors (Lipinski definition) is 0. The maximum atomic E-state index is 13.2. The highest BCUT2D eigenvalue weighted by atomic mass is 32.2. The molecule has 36 heavy (non-hydrogen) atoms. The number of aryl methyl sites for hydroxylation is 1. The van der Waals surface area contributed by atoms with Crippen molar-refractivity contribution in [2.75, 3.05) is 38.7 Å². The van der Waals surface area contributed by atoms with E-state index in [9.17, 15) is 18.0 Å². The number of Topliss-reactive ketones (excluding diaryl/α,β-unsaturated/α-hetero) is 1. The molecule has 3 aromatic rings. The van der Waals surface area contributed by atoms with Crippen LogP contribution in [-0.4, -0.2) is 62.8 Å². The van der Waals surface area contributed by atoms with Crippen LogP contribution in [-0.2, 0) is 14.8 Å². The quantitative estimate of drug-likeness (QED) is 0.337. The van der Waals surface area contributed by atoms with Gasteiger partial charge < -0.3 is 14.2 Å². The van der Waals surface area contributed by atoms with Gasteiger partial charge in [0.25, 0.3) is 0 Å². The van der Waals surface area contributed by atoms with Crippen LogP contribution in [0.5, 0.6) is 0 Å². The summed E-state index contributed by atoms with van der Waals surface area (Å²) in [4.78, 5) is 28.3. The van der Waals surface area contributed by atoms with E-state index in [0.29, 0.717) is 11.3 Å². The fourth-order valence-electron chi connectivity index (χ4n) is 4.59. The minimum atomic E-state index is -3.74. The number of nitrogens with zero attached hydrogens (tertiary/aromatic N) is 3. The summed E-state index contributed by atoms with van der Waals surface area (Å²) < 4.78 is 33.9. The molecule has 1 fully saturated rings. The third-order valence-corrected chi connectivity index (χ3v) is 8.30. The summed E-state index contributed by atoms with van der Waals surface area (Å²) in [5.74, 6) is -1.05. The minimum Gasteiger partial charge on any atom is -0.454 e. The van der Waals surface area contributed by atoms with Crippen molar-refractivity contribution in [3.8, 4) is 5.69 Å². The summed E-state index contributed by atoms with van der Waals surface area (Å²) >= 11 is 0. The average Bonchev–Trinajstić information content (AvgIpc) is 3.50. The number of carbonyl (C=O) groups is 2. The van der Waals surface area contributed by atoms with Gasteiger partial charge in [-0.1, -0.05) is 18.2 Å². The zero-order valence-electron chi connectivity index (χ0n) is 21.0. The highest BCUT2D eigenvalue weighted by Gasteiger charge is 2.26. The fourth-order valence-corrected chi connectivity index (χ4v) is 5.52. The molecular weight excluding hydrogens is 478 g/mol. The first-order valence-corrected chi connectivity index (χ1v) is 13.3. The number of esters is 1. The SMILES string of the molecule is Cc1cc(C(=O)COC(=O)c2cc(S(=O)(=O)N(C)C)ccc2N2CCCC2)c(C)n1-c1ccccc1. The molecule has 0 unspecified atom stereocenters. The first-order valence-electron chi connectivity index (χ1n) is 11.9. The Kier molecular flexibility index (Phi) is 7.33.